The van der Waals surface area contributed by atoms with Gasteiger partial charge in [-0.05, 0) is 56.7 Å². The quantitative estimate of drug-likeness (QED) is 0.842. The van der Waals surface area contributed by atoms with E-state index in [1.807, 2.05) is 18.2 Å². The number of likely N-dealkylation sites (tertiary alicyclic amines) is 1. The summed E-state index contributed by atoms with van der Waals surface area (Å²) in [5.41, 5.74) is 1.26. The number of urea groups is 1. The largest absolute Gasteiger partial charge is 0.338 e. The first-order valence-corrected chi connectivity index (χ1v) is 9.61. The lowest BCUT2D eigenvalue weighted by Gasteiger charge is -2.36. The van der Waals surface area contributed by atoms with Crippen molar-refractivity contribution in [1.82, 2.24) is 15.5 Å². The average molecular weight is 329 g/mol. The van der Waals surface area contributed by atoms with Crippen LogP contribution in [-0.4, -0.2) is 43.2 Å². The molecule has 2 amide bonds. The molecule has 1 aliphatic heterocycles. The molecule has 24 heavy (non-hydrogen) atoms. The highest BCUT2D eigenvalue weighted by atomic mass is 16.2. The molecule has 132 valence electrons. The van der Waals surface area contributed by atoms with Gasteiger partial charge in [-0.2, -0.15) is 0 Å². The topological polar surface area (TPSA) is 44.4 Å². The van der Waals surface area contributed by atoms with E-state index < -0.39 is 0 Å². The zero-order chi connectivity index (χ0) is 16.6. The lowest BCUT2D eigenvalue weighted by molar-refractivity contribution is 0.134. The van der Waals surface area contributed by atoms with Crippen molar-refractivity contribution >= 4 is 6.03 Å². The fraction of sp³-hybridized carbons (Fsp3) is 0.650. The van der Waals surface area contributed by atoms with E-state index in [4.69, 9.17) is 0 Å². The zero-order valence-electron chi connectivity index (χ0n) is 14.7. The van der Waals surface area contributed by atoms with Gasteiger partial charge in [-0.1, -0.05) is 43.2 Å². The van der Waals surface area contributed by atoms with Gasteiger partial charge in [0.2, 0.25) is 0 Å². The second-order valence-electron chi connectivity index (χ2n) is 7.29. The lowest BCUT2D eigenvalue weighted by atomic mass is 9.95. The van der Waals surface area contributed by atoms with Gasteiger partial charge < -0.3 is 15.5 Å². The summed E-state index contributed by atoms with van der Waals surface area (Å²) in [6.07, 6.45) is 8.94. The molecular formula is C20H31N3O. The molecule has 2 fully saturated rings. The molecule has 0 radical (unpaired) electrons. The summed E-state index contributed by atoms with van der Waals surface area (Å²) >= 11 is 0. The Morgan fingerprint density at radius 3 is 2.42 bits per heavy atom. The van der Waals surface area contributed by atoms with E-state index in [-0.39, 0.29) is 6.03 Å². The average Bonchev–Trinajstić information content (AvgIpc) is 3.16. The molecule has 2 N–H and O–H groups in total. The highest BCUT2D eigenvalue weighted by molar-refractivity contribution is 5.73. The third-order valence-corrected chi connectivity index (χ3v) is 5.58. The molecule has 3 rings (SSSR count). The van der Waals surface area contributed by atoms with E-state index in [0.717, 1.165) is 19.0 Å². The van der Waals surface area contributed by atoms with E-state index in [0.29, 0.717) is 12.5 Å². The fourth-order valence-electron chi connectivity index (χ4n) is 4.06. The SMILES string of the molecule is O=C(NCCc1ccccc1)NCC1CCN(C2CCCC2)CC1. The number of nitrogens with one attached hydrogen (secondary N) is 2. The van der Waals surface area contributed by atoms with E-state index in [2.05, 4.69) is 27.7 Å². The van der Waals surface area contributed by atoms with Crippen molar-refractivity contribution in [1.29, 1.82) is 0 Å². The third kappa shape index (κ3) is 5.23. The van der Waals surface area contributed by atoms with Crippen molar-refractivity contribution in [3.63, 3.8) is 0 Å². The van der Waals surface area contributed by atoms with Crippen molar-refractivity contribution in [3.05, 3.63) is 35.9 Å². The molecule has 1 saturated heterocycles. The van der Waals surface area contributed by atoms with Crippen LogP contribution in [0.2, 0.25) is 0 Å². The summed E-state index contributed by atoms with van der Waals surface area (Å²) in [5, 5.41) is 6.02. The van der Waals surface area contributed by atoms with Crippen LogP contribution in [0.5, 0.6) is 0 Å². The second kappa shape index (κ2) is 9.07. The van der Waals surface area contributed by atoms with Crippen molar-refractivity contribution < 1.29 is 4.79 Å². The van der Waals surface area contributed by atoms with Crippen LogP contribution in [0.25, 0.3) is 0 Å². The maximum absolute atomic E-state index is 11.9. The minimum atomic E-state index is -0.0239. The van der Waals surface area contributed by atoms with Crippen LogP contribution < -0.4 is 10.6 Å². The van der Waals surface area contributed by atoms with Crippen LogP contribution >= 0.6 is 0 Å². The number of benzene rings is 1. The highest BCUT2D eigenvalue weighted by Crippen LogP contribution is 2.27. The van der Waals surface area contributed by atoms with Crippen LogP contribution in [0.3, 0.4) is 0 Å². The Balaban J connectivity index is 1.27. The molecule has 0 bridgehead atoms. The van der Waals surface area contributed by atoms with Gasteiger partial charge >= 0.3 is 6.03 Å². The fourth-order valence-corrected chi connectivity index (χ4v) is 4.06. The monoisotopic (exact) mass is 329 g/mol. The maximum Gasteiger partial charge on any atom is 0.314 e. The minimum absolute atomic E-state index is 0.0239. The summed E-state index contributed by atoms with van der Waals surface area (Å²) in [5.74, 6) is 0.641. The smallest absolute Gasteiger partial charge is 0.314 e. The molecule has 1 aliphatic carbocycles. The number of nitrogens with zero attached hydrogens (tertiary/aromatic N) is 1. The van der Waals surface area contributed by atoms with E-state index in [1.54, 1.807) is 0 Å². The van der Waals surface area contributed by atoms with Gasteiger partial charge in [-0.15, -0.1) is 0 Å². The Labute approximate surface area is 146 Å². The van der Waals surface area contributed by atoms with Crippen molar-refractivity contribution in [2.75, 3.05) is 26.2 Å². The molecule has 1 saturated carbocycles. The van der Waals surface area contributed by atoms with Crippen molar-refractivity contribution in [2.45, 2.75) is 51.0 Å². The molecule has 1 heterocycles. The predicted octanol–water partition coefficient (Wildman–Crippen LogP) is 3.18. The molecule has 1 aromatic rings. The summed E-state index contributed by atoms with van der Waals surface area (Å²) in [6.45, 7) is 3.94. The van der Waals surface area contributed by atoms with Gasteiger partial charge in [-0.25, -0.2) is 4.79 Å². The summed E-state index contributed by atoms with van der Waals surface area (Å²) in [4.78, 5) is 14.6. The van der Waals surface area contributed by atoms with Crippen molar-refractivity contribution in [3.8, 4) is 0 Å². The van der Waals surface area contributed by atoms with Gasteiger partial charge in [0.05, 0.1) is 0 Å². The predicted molar refractivity (Wildman–Crippen MR) is 98.1 cm³/mol. The Kier molecular flexibility index (Phi) is 6.53. The molecule has 0 atom stereocenters. The summed E-state index contributed by atoms with van der Waals surface area (Å²) in [6, 6.07) is 11.1. The Morgan fingerprint density at radius 1 is 1.00 bits per heavy atom. The highest BCUT2D eigenvalue weighted by Gasteiger charge is 2.27. The first kappa shape index (κ1) is 17.3. The molecular weight excluding hydrogens is 298 g/mol. The first-order chi connectivity index (χ1) is 11.8. The second-order valence-corrected chi connectivity index (χ2v) is 7.29. The van der Waals surface area contributed by atoms with Crippen LogP contribution in [-0.2, 0) is 6.42 Å². The van der Waals surface area contributed by atoms with Gasteiger partial charge in [-0.3, -0.25) is 0 Å². The van der Waals surface area contributed by atoms with Crippen LogP contribution in [0, 0.1) is 5.92 Å². The lowest BCUT2D eigenvalue weighted by Crippen LogP contribution is -2.44. The molecule has 1 aromatic carbocycles. The number of piperidine rings is 1. The Bertz CT molecular complexity index is 491. The normalized spacial score (nSPS) is 20.2. The van der Waals surface area contributed by atoms with Gasteiger partial charge in [0.15, 0.2) is 0 Å². The standard InChI is InChI=1S/C20H31N3O/c24-20(21-13-10-17-6-2-1-3-7-17)22-16-18-11-14-23(15-12-18)19-8-4-5-9-19/h1-3,6-7,18-19H,4-5,8-16H2,(H2,21,22,24). The summed E-state index contributed by atoms with van der Waals surface area (Å²) in [7, 11) is 0. The number of carbonyl (C=O) groups is 1. The number of hydrogen-bond donors (Lipinski definition) is 2. The number of amides is 2. The number of carbonyl (C=O) groups excluding carboxylic acids is 1. The first-order valence-electron chi connectivity index (χ1n) is 9.61. The Morgan fingerprint density at radius 2 is 1.71 bits per heavy atom. The molecule has 4 nitrogen and oxygen atoms in total. The van der Waals surface area contributed by atoms with Crippen LogP contribution in [0.4, 0.5) is 4.79 Å². The zero-order valence-corrected chi connectivity index (χ0v) is 14.7. The van der Waals surface area contributed by atoms with Gasteiger partial charge in [0, 0.05) is 19.1 Å². The number of hydrogen-bond acceptors (Lipinski definition) is 2. The van der Waals surface area contributed by atoms with E-state index >= 15 is 0 Å². The molecule has 0 spiro atoms. The maximum atomic E-state index is 11.9. The third-order valence-electron chi connectivity index (χ3n) is 5.58. The van der Waals surface area contributed by atoms with Crippen LogP contribution in [0.15, 0.2) is 30.3 Å². The van der Waals surface area contributed by atoms with Crippen LogP contribution in [0.1, 0.15) is 44.1 Å². The minimum Gasteiger partial charge on any atom is -0.338 e. The van der Waals surface area contributed by atoms with Gasteiger partial charge in [0.1, 0.15) is 0 Å². The molecule has 0 unspecified atom stereocenters. The molecule has 2 aliphatic rings. The molecule has 0 aromatic heterocycles. The molecule has 4 heteroatoms. The number of rotatable bonds is 6. The van der Waals surface area contributed by atoms with E-state index in [9.17, 15) is 4.79 Å². The Hall–Kier alpha value is -1.55. The van der Waals surface area contributed by atoms with E-state index in [1.165, 1.54) is 57.2 Å². The van der Waals surface area contributed by atoms with Crippen molar-refractivity contribution in [2.24, 2.45) is 5.92 Å². The van der Waals surface area contributed by atoms with Gasteiger partial charge in [0.25, 0.3) is 0 Å². The summed E-state index contributed by atoms with van der Waals surface area (Å²) < 4.78 is 0.